The minimum atomic E-state index is -0.409. The molecule has 3 aromatic carbocycles. The molecule has 1 aliphatic heterocycles. The zero-order valence-corrected chi connectivity index (χ0v) is 15.1. The highest BCUT2D eigenvalue weighted by atomic mass is 19.1. The number of halogens is 1. The molecule has 0 radical (unpaired) electrons. The Bertz CT molecular complexity index is 957. The van der Waals surface area contributed by atoms with Crippen LogP contribution in [0.3, 0.4) is 0 Å². The van der Waals surface area contributed by atoms with Crippen LogP contribution in [0.1, 0.15) is 35.3 Å². The van der Waals surface area contributed by atoms with Crippen LogP contribution in [0.15, 0.2) is 78.9 Å². The minimum absolute atomic E-state index is 0.129. The Morgan fingerprint density at radius 3 is 2.52 bits per heavy atom. The van der Waals surface area contributed by atoms with Crippen LogP contribution in [-0.4, -0.2) is 11.9 Å². The third-order valence-electron chi connectivity index (χ3n) is 4.93. The third kappa shape index (κ3) is 3.43. The molecule has 0 saturated carbocycles. The van der Waals surface area contributed by atoms with Crippen LogP contribution < -0.4 is 10.2 Å². The van der Waals surface area contributed by atoms with Crippen LogP contribution in [0.25, 0.3) is 0 Å². The van der Waals surface area contributed by atoms with Crippen molar-refractivity contribution in [2.45, 2.75) is 25.4 Å². The van der Waals surface area contributed by atoms with Gasteiger partial charge in [-0.15, -0.1) is 0 Å². The first-order chi connectivity index (χ1) is 13.1. The summed E-state index contributed by atoms with van der Waals surface area (Å²) in [5.41, 5.74) is 3.27. The number of hydrogen-bond donors (Lipinski definition) is 1. The van der Waals surface area contributed by atoms with Crippen molar-refractivity contribution in [2.24, 2.45) is 0 Å². The van der Waals surface area contributed by atoms with Gasteiger partial charge in [0.2, 0.25) is 0 Å². The molecular formula is C23H21FN2O. The molecule has 3 nitrogen and oxygen atoms in total. The fourth-order valence-electron chi connectivity index (χ4n) is 3.74. The van der Waals surface area contributed by atoms with E-state index in [1.54, 1.807) is 17.0 Å². The van der Waals surface area contributed by atoms with Gasteiger partial charge in [-0.25, -0.2) is 4.39 Å². The first-order valence-electron chi connectivity index (χ1n) is 9.13. The highest BCUT2D eigenvalue weighted by Crippen LogP contribution is 2.39. The van der Waals surface area contributed by atoms with Crippen molar-refractivity contribution >= 4 is 17.3 Å². The van der Waals surface area contributed by atoms with Crippen LogP contribution in [0.2, 0.25) is 0 Å². The SMILES string of the molecule is C[C@H]1C[C@@H](N(C(=O)c2cccc(F)c2)c2ccccc2)c2ccccc2N1. The van der Waals surface area contributed by atoms with Crippen molar-refractivity contribution in [1.82, 2.24) is 0 Å². The van der Waals surface area contributed by atoms with E-state index in [0.29, 0.717) is 5.56 Å². The molecule has 0 saturated heterocycles. The van der Waals surface area contributed by atoms with Crippen LogP contribution in [0.4, 0.5) is 15.8 Å². The number of para-hydroxylation sites is 2. The van der Waals surface area contributed by atoms with Gasteiger partial charge in [-0.05, 0) is 55.3 Å². The largest absolute Gasteiger partial charge is 0.382 e. The second kappa shape index (κ2) is 7.23. The van der Waals surface area contributed by atoms with E-state index in [-0.39, 0.29) is 18.0 Å². The highest BCUT2D eigenvalue weighted by Gasteiger charge is 2.33. The lowest BCUT2D eigenvalue weighted by Gasteiger charge is -2.39. The van der Waals surface area contributed by atoms with Gasteiger partial charge in [0.05, 0.1) is 6.04 Å². The van der Waals surface area contributed by atoms with Crippen LogP contribution in [0, 0.1) is 5.82 Å². The fraction of sp³-hybridized carbons (Fsp3) is 0.174. The summed E-state index contributed by atoms with van der Waals surface area (Å²) in [6.45, 7) is 2.11. The standard InChI is InChI=1S/C23H21FN2O/c1-16-14-22(20-12-5-6-13-21(20)25-16)26(19-10-3-2-4-11-19)23(27)17-8-7-9-18(24)15-17/h2-13,15-16,22,25H,14H2,1H3/t16-,22+/m0/s1. The van der Waals surface area contributed by atoms with E-state index in [1.165, 1.54) is 12.1 Å². The van der Waals surface area contributed by atoms with E-state index < -0.39 is 5.82 Å². The molecule has 27 heavy (non-hydrogen) atoms. The van der Waals surface area contributed by atoms with Crippen molar-refractivity contribution in [3.8, 4) is 0 Å². The van der Waals surface area contributed by atoms with Crippen molar-refractivity contribution < 1.29 is 9.18 Å². The Hall–Kier alpha value is -3.14. The summed E-state index contributed by atoms with van der Waals surface area (Å²) in [5.74, 6) is -0.609. The summed E-state index contributed by atoms with van der Waals surface area (Å²) in [7, 11) is 0. The van der Waals surface area contributed by atoms with Crippen molar-refractivity contribution in [3.05, 3.63) is 95.8 Å². The van der Waals surface area contributed by atoms with Crippen LogP contribution in [0.5, 0.6) is 0 Å². The second-order valence-electron chi connectivity index (χ2n) is 6.91. The van der Waals surface area contributed by atoms with Gasteiger partial charge in [0.1, 0.15) is 5.82 Å². The summed E-state index contributed by atoms with van der Waals surface area (Å²) in [4.78, 5) is 15.2. The van der Waals surface area contributed by atoms with Crippen molar-refractivity contribution in [2.75, 3.05) is 10.2 Å². The number of amides is 1. The van der Waals surface area contributed by atoms with E-state index >= 15 is 0 Å². The predicted molar refractivity (Wildman–Crippen MR) is 107 cm³/mol. The molecular weight excluding hydrogens is 339 g/mol. The van der Waals surface area contributed by atoms with Gasteiger partial charge < -0.3 is 10.2 Å². The number of fused-ring (bicyclic) bond motifs is 1. The predicted octanol–water partition coefficient (Wildman–Crippen LogP) is 5.42. The maximum Gasteiger partial charge on any atom is 0.258 e. The van der Waals surface area contributed by atoms with Gasteiger partial charge in [-0.2, -0.15) is 0 Å². The zero-order chi connectivity index (χ0) is 18.8. The molecule has 1 N–H and O–H groups in total. The second-order valence-corrected chi connectivity index (χ2v) is 6.91. The normalized spacial score (nSPS) is 18.3. The lowest BCUT2D eigenvalue weighted by molar-refractivity contribution is 0.0973. The quantitative estimate of drug-likeness (QED) is 0.676. The first kappa shape index (κ1) is 17.3. The maximum absolute atomic E-state index is 13.8. The fourth-order valence-corrected chi connectivity index (χ4v) is 3.74. The average Bonchev–Trinajstić information content (AvgIpc) is 2.69. The van der Waals surface area contributed by atoms with E-state index in [2.05, 4.69) is 12.2 Å². The summed E-state index contributed by atoms with van der Waals surface area (Å²) < 4.78 is 13.8. The van der Waals surface area contributed by atoms with E-state index in [4.69, 9.17) is 0 Å². The monoisotopic (exact) mass is 360 g/mol. The molecule has 0 bridgehead atoms. The van der Waals surface area contributed by atoms with Gasteiger partial charge in [-0.3, -0.25) is 4.79 Å². The molecule has 4 heteroatoms. The lowest BCUT2D eigenvalue weighted by Crippen LogP contribution is -2.40. The average molecular weight is 360 g/mol. The lowest BCUT2D eigenvalue weighted by atomic mass is 9.91. The number of rotatable bonds is 3. The topological polar surface area (TPSA) is 32.3 Å². The highest BCUT2D eigenvalue weighted by molar-refractivity contribution is 6.06. The minimum Gasteiger partial charge on any atom is -0.382 e. The van der Waals surface area contributed by atoms with E-state index in [0.717, 1.165) is 23.4 Å². The van der Waals surface area contributed by atoms with Crippen molar-refractivity contribution in [1.29, 1.82) is 0 Å². The smallest absolute Gasteiger partial charge is 0.258 e. The summed E-state index contributed by atoms with van der Waals surface area (Å²) >= 11 is 0. The third-order valence-corrected chi connectivity index (χ3v) is 4.93. The number of nitrogens with zero attached hydrogens (tertiary/aromatic N) is 1. The van der Waals surface area contributed by atoms with Crippen LogP contribution in [-0.2, 0) is 0 Å². The number of carbonyl (C=O) groups excluding carboxylic acids is 1. The maximum atomic E-state index is 13.8. The van der Waals surface area contributed by atoms with Gasteiger partial charge in [0.15, 0.2) is 0 Å². The Labute approximate surface area is 158 Å². The molecule has 2 atom stereocenters. The number of benzene rings is 3. The molecule has 3 aromatic rings. The van der Waals surface area contributed by atoms with E-state index in [1.807, 2.05) is 54.6 Å². The number of anilines is 2. The number of carbonyl (C=O) groups is 1. The molecule has 4 rings (SSSR count). The van der Waals surface area contributed by atoms with Gasteiger partial charge >= 0.3 is 0 Å². The molecule has 0 unspecified atom stereocenters. The Morgan fingerprint density at radius 1 is 1.00 bits per heavy atom. The van der Waals surface area contributed by atoms with Gasteiger partial charge in [-0.1, -0.05) is 42.5 Å². The first-order valence-corrected chi connectivity index (χ1v) is 9.13. The summed E-state index contributed by atoms with van der Waals surface area (Å²) in [5, 5.41) is 3.49. The van der Waals surface area contributed by atoms with Crippen molar-refractivity contribution in [3.63, 3.8) is 0 Å². The number of nitrogens with one attached hydrogen (secondary N) is 1. The molecule has 1 amide bonds. The Kier molecular flexibility index (Phi) is 4.63. The van der Waals surface area contributed by atoms with Gasteiger partial charge in [0, 0.05) is 23.0 Å². The Morgan fingerprint density at radius 2 is 1.74 bits per heavy atom. The molecule has 0 fully saturated rings. The number of hydrogen-bond acceptors (Lipinski definition) is 2. The molecule has 0 spiro atoms. The molecule has 0 aromatic heterocycles. The summed E-state index contributed by atoms with van der Waals surface area (Å²) in [6, 6.07) is 23.6. The zero-order valence-electron chi connectivity index (χ0n) is 15.1. The molecule has 136 valence electrons. The summed E-state index contributed by atoms with van der Waals surface area (Å²) in [6.07, 6.45) is 0.771. The Balaban J connectivity index is 1.83. The van der Waals surface area contributed by atoms with Crippen LogP contribution >= 0.6 is 0 Å². The molecule has 0 aliphatic carbocycles. The van der Waals surface area contributed by atoms with E-state index in [9.17, 15) is 9.18 Å². The molecule has 1 aliphatic rings. The molecule has 1 heterocycles. The van der Waals surface area contributed by atoms with Gasteiger partial charge in [0.25, 0.3) is 5.91 Å².